The molecule has 0 aromatic heterocycles. The summed E-state index contributed by atoms with van der Waals surface area (Å²) in [5.74, 6) is 2.06. The molecule has 2 aromatic rings. The monoisotopic (exact) mass is 319 g/mol. The summed E-state index contributed by atoms with van der Waals surface area (Å²) in [5.41, 5.74) is 0.248. The van der Waals surface area contributed by atoms with E-state index in [0.717, 1.165) is 5.56 Å². The van der Waals surface area contributed by atoms with Gasteiger partial charge in [0.15, 0.2) is 5.78 Å². The van der Waals surface area contributed by atoms with E-state index >= 15 is 0 Å². The summed E-state index contributed by atoms with van der Waals surface area (Å²) in [6.07, 6.45) is 5.92. The van der Waals surface area contributed by atoms with Crippen molar-refractivity contribution in [2.75, 3.05) is 19.6 Å². The molecule has 1 fully saturated rings. The molecule has 2 atom stereocenters. The molecule has 0 aliphatic carbocycles. The quantitative estimate of drug-likeness (QED) is 0.696. The first-order chi connectivity index (χ1) is 11.6. The number of likely N-dealkylation sites (tertiary alicyclic amines) is 1. The number of hydrogen-bond acceptors (Lipinski definition) is 3. The largest absolute Gasteiger partial charge is 0.384 e. The van der Waals surface area contributed by atoms with Crippen molar-refractivity contribution in [3.63, 3.8) is 0 Å². The second kappa shape index (κ2) is 7.00. The number of hydrogen-bond donors (Lipinski definition) is 1. The Morgan fingerprint density at radius 1 is 1.17 bits per heavy atom. The van der Waals surface area contributed by atoms with Crippen molar-refractivity contribution in [3.05, 3.63) is 71.8 Å². The predicted octanol–water partition coefficient (Wildman–Crippen LogP) is 2.71. The second-order valence-corrected chi connectivity index (χ2v) is 6.26. The van der Waals surface area contributed by atoms with Gasteiger partial charge in [-0.25, -0.2) is 0 Å². The van der Waals surface area contributed by atoms with Gasteiger partial charge in [0, 0.05) is 18.7 Å². The van der Waals surface area contributed by atoms with Gasteiger partial charge in [0.05, 0.1) is 12.5 Å². The highest BCUT2D eigenvalue weighted by Crippen LogP contribution is 2.39. The molecule has 1 N–H and O–H groups in total. The minimum Gasteiger partial charge on any atom is -0.384 e. The lowest BCUT2D eigenvalue weighted by Gasteiger charge is -2.43. The van der Waals surface area contributed by atoms with Gasteiger partial charge in [0.1, 0.15) is 5.60 Å². The summed E-state index contributed by atoms with van der Waals surface area (Å²) in [4.78, 5) is 15.2. The van der Waals surface area contributed by atoms with E-state index in [1.54, 1.807) is 12.1 Å². The molecule has 3 heteroatoms. The number of rotatable bonds is 4. The van der Waals surface area contributed by atoms with Gasteiger partial charge in [-0.1, -0.05) is 66.6 Å². The molecule has 122 valence electrons. The van der Waals surface area contributed by atoms with Crippen LogP contribution in [0.4, 0.5) is 0 Å². The third kappa shape index (κ3) is 3.12. The van der Waals surface area contributed by atoms with Gasteiger partial charge in [-0.15, -0.1) is 6.42 Å². The van der Waals surface area contributed by atoms with Crippen LogP contribution in [0.5, 0.6) is 0 Å². The lowest BCUT2D eigenvalue weighted by Crippen LogP contribution is -2.53. The molecule has 0 amide bonds. The van der Waals surface area contributed by atoms with Crippen LogP contribution in [0.3, 0.4) is 0 Å². The molecule has 1 saturated heterocycles. The highest BCUT2D eigenvalue weighted by molar-refractivity contribution is 5.99. The number of ketones is 1. The molecule has 1 aliphatic heterocycles. The van der Waals surface area contributed by atoms with Crippen LogP contribution < -0.4 is 0 Å². The lowest BCUT2D eigenvalue weighted by molar-refractivity contribution is -0.0617. The summed E-state index contributed by atoms with van der Waals surface area (Å²) in [7, 11) is 0. The van der Waals surface area contributed by atoms with Gasteiger partial charge in [0.2, 0.25) is 0 Å². The SMILES string of the molecule is C#CCN1CCC(O)(c2ccccc2)C(C(=O)c2ccccc2)C1. The number of aliphatic hydroxyl groups is 1. The number of carbonyl (C=O) groups is 1. The maximum absolute atomic E-state index is 13.1. The van der Waals surface area contributed by atoms with Gasteiger partial charge >= 0.3 is 0 Å². The molecule has 24 heavy (non-hydrogen) atoms. The van der Waals surface area contributed by atoms with E-state index in [9.17, 15) is 9.90 Å². The minimum absolute atomic E-state index is 0.0383. The minimum atomic E-state index is -1.17. The fourth-order valence-corrected chi connectivity index (χ4v) is 3.45. The number of benzene rings is 2. The smallest absolute Gasteiger partial charge is 0.170 e. The van der Waals surface area contributed by atoms with E-state index in [4.69, 9.17) is 6.42 Å². The molecule has 0 bridgehead atoms. The zero-order chi connectivity index (χ0) is 17.0. The van der Waals surface area contributed by atoms with Crippen LogP contribution >= 0.6 is 0 Å². The Bertz CT molecular complexity index is 735. The van der Waals surface area contributed by atoms with Gasteiger partial charge in [-0.05, 0) is 12.0 Å². The van der Waals surface area contributed by atoms with Crippen LogP contribution in [-0.4, -0.2) is 35.4 Å². The third-order valence-electron chi connectivity index (χ3n) is 4.79. The van der Waals surface area contributed by atoms with E-state index in [0.29, 0.717) is 31.6 Å². The van der Waals surface area contributed by atoms with Crippen molar-refractivity contribution < 1.29 is 9.90 Å². The molecule has 0 spiro atoms. The standard InChI is InChI=1S/C21H21NO2/c1-2-14-22-15-13-21(24,18-11-7-4-8-12-18)19(16-22)20(23)17-9-5-3-6-10-17/h1,3-12,19,24H,13-16H2. The summed E-state index contributed by atoms with van der Waals surface area (Å²) in [5, 5.41) is 11.4. The first kappa shape index (κ1) is 16.4. The van der Waals surface area contributed by atoms with Crippen molar-refractivity contribution in [2.45, 2.75) is 12.0 Å². The molecule has 1 aliphatic rings. The molecule has 3 rings (SSSR count). The summed E-state index contributed by atoms with van der Waals surface area (Å²) in [6, 6.07) is 18.6. The lowest BCUT2D eigenvalue weighted by atomic mass is 9.72. The summed E-state index contributed by atoms with van der Waals surface area (Å²) >= 11 is 0. The average Bonchev–Trinajstić information content (AvgIpc) is 2.64. The normalized spacial score (nSPS) is 24.2. The number of piperidine rings is 1. The van der Waals surface area contributed by atoms with Crippen molar-refractivity contribution in [1.29, 1.82) is 0 Å². The number of terminal acetylenes is 1. The van der Waals surface area contributed by atoms with Crippen molar-refractivity contribution in [1.82, 2.24) is 4.90 Å². The van der Waals surface area contributed by atoms with Gasteiger partial charge in [-0.2, -0.15) is 0 Å². The molecule has 3 nitrogen and oxygen atoms in total. The van der Waals surface area contributed by atoms with Crippen molar-refractivity contribution >= 4 is 5.78 Å². The average molecular weight is 319 g/mol. The Morgan fingerprint density at radius 3 is 2.42 bits per heavy atom. The fraction of sp³-hybridized carbons (Fsp3) is 0.286. The number of nitrogens with zero attached hydrogens (tertiary/aromatic N) is 1. The first-order valence-corrected chi connectivity index (χ1v) is 8.18. The zero-order valence-corrected chi connectivity index (χ0v) is 13.6. The second-order valence-electron chi connectivity index (χ2n) is 6.26. The van der Waals surface area contributed by atoms with Crippen molar-refractivity contribution in [2.24, 2.45) is 5.92 Å². The molecule has 0 saturated carbocycles. The Balaban J connectivity index is 1.98. The van der Waals surface area contributed by atoms with Crippen LogP contribution in [-0.2, 0) is 5.60 Å². The highest BCUT2D eigenvalue weighted by atomic mass is 16.3. The molecular weight excluding hydrogens is 298 g/mol. The van der Waals surface area contributed by atoms with Crippen LogP contribution in [0.1, 0.15) is 22.3 Å². The highest BCUT2D eigenvalue weighted by Gasteiger charge is 2.46. The molecule has 1 heterocycles. The summed E-state index contributed by atoms with van der Waals surface area (Å²) in [6.45, 7) is 1.63. The third-order valence-corrected chi connectivity index (χ3v) is 4.79. The van der Waals surface area contributed by atoms with Crippen molar-refractivity contribution in [3.8, 4) is 12.3 Å². The predicted molar refractivity (Wildman–Crippen MR) is 94.5 cm³/mol. The Labute approximate surface area is 142 Å². The van der Waals surface area contributed by atoms with E-state index in [2.05, 4.69) is 10.8 Å². The van der Waals surface area contributed by atoms with E-state index in [-0.39, 0.29) is 5.78 Å². The fourth-order valence-electron chi connectivity index (χ4n) is 3.45. The van der Waals surface area contributed by atoms with Gasteiger partial charge in [-0.3, -0.25) is 9.69 Å². The molecule has 0 radical (unpaired) electrons. The van der Waals surface area contributed by atoms with Crippen LogP contribution in [0, 0.1) is 18.3 Å². The van der Waals surface area contributed by atoms with E-state index in [1.807, 2.05) is 48.5 Å². The maximum atomic E-state index is 13.1. The van der Waals surface area contributed by atoms with E-state index in [1.165, 1.54) is 0 Å². The zero-order valence-electron chi connectivity index (χ0n) is 13.6. The summed E-state index contributed by atoms with van der Waals surface area (Å²) < 4.78 is 0. The Morgan fingerprint density at radius 2 is 1.79 bits per heavy atom. The Hall–Kier alpha value is -2.41. The topological polar surface area (TPSA) is 40.5 Å². The van der Waals surface area contributed by atoms with Gasteiger partial charge < -0.3 is 5.11 Å². The van der Waals surface area contributed by atoms with Crippen LogP contribution in [0.25, 0.3) is 0 Å². The van der Waals surface area contributed by atoms with E-state index < -0.39 is 11.5 Å². The molecule has 2 aromatic carbocycles. The first-order valence-electron chi connectivity index (χ1n) is 8.18. The Kier molecular flexibility index (Phi) is 4.80. The number of Topliss-reactive ketones (excluding diaryl/α,β-unsaturated/α-hetero) is 1. The molecular formula is C21H21NO2. The number of carbonyl (C=O) groups excluding carboxylic acids is 1. The van der Waals surface area contributed by atoms with Crippen LogP contribution in [0.15, 0.2) is 60.7 Å². The van der Waals surface area contributed by atoms with Crippen LogP contribution in [0.2, 0.25) is 0 Å². The van der Waals surface area contributed by atoms with Gasteiger partial charge in [0.25, 0.3) is 0 Å². The maximum Gasteiger partial charge on any atom is 0.170 e. The molecule has 2 unspecified atom stereocenters.